The van der Waals surface area contributed by atoms with Crippen LogP contribution in [-0.2, 0) is 0 Å². The maximum Gasteiger partial charge on any atom is 0.358 e. The monoisotopic (exact) mass is 234 g/mol. The van der Waals surface area contributed by atoms with Gasteiger partial charge in [0.15, 0.2) is 11.4 Å². The second kappa shape index (κ2) is 4.17. The number of carboxylic acids is 1. The van der Waals surface area contributed by atoms with Gasteiger partial charge in [0.05, 0.1) is 19.0 Å². The minimum absolute atomic E-state index is 0.0572. The van der Waals surface area contributed by atoms with Gasteiger partial charge >= 0.3 is 5.97 Å². The molecule has 0 spiro atoms. The van der Waals surface area contributed by atoms with E-state index < -0.39 is 5.97 Å². The normalized spacial score (nSPS) is 10.2. The van der Waals surface area contributed by atoms with E-state index in [9.17, 15) is 4.79 Å². The highest BCUT2D eigenvalue weighted by atomic mass is 16.5. The fourth-order valence-electron chi connectivity index (χ4n) is 1.47. The lowest BCUT2D eigenvalue weighted by Crippen LogP contribution is -2.09. The lowest BCUT2D eigenvalue weighted by atomic mass is 10.3. The van der Waals surface area contributed by atoms with E-state index in [-0.39, 0.29) is 17.2 Å². The summed E-state index contributed by atoms with van der Waals surface area (Å²) in [7, 11) is 1.38. The summed E-state index contributed by atoms with van der Waals surface area (Å²) in [6.45, 7) is 0. The van der Waals surface area contributed by atoms with Gasteiger partial charge in [-0.15, -0.1) is 0 Å². The highest BCUT2D eigenvalue weighted by Crippen LogP contribution is 2.22. The third-order valence-electron chi connectivity index (χ3n) is 2.25. The van der Waals surface area contributed by atoms with Crippen molar-refractivity contribution in [1.29, 1.82) is 0 Å². The highest BCUT2D eigenvalue weighted by Gasteiger charge is 2.19. The lowest BCUT2D eigenvalue weighted by Gasteiger charge is -2.05. The molecule has 0 unspecified atom stereocenters. The third-order valence-corrected chi connectivity index (χ3v) is 2.25. The molecule has 88 valence electrons. The van der Waals surface area contributed by atoms with Crippen LogP contribution in [0.15, 0.2) is 30.5 Å². The number of benzene rings is 1. The molecule has 1 aromatic heterocycles. The van der Waals surface area contributed by atoms with Gasteiger partial charge in [-0.1, -0.05) is 0 Å². The van der Waals surface area contributed by atoms with Gasteiger partial charge in [-0.05, 0) is 24.3 Å². The number of carbonyl (C=O) groups is 1. The Balaban J connectivity index is 2.55. The molecule has 17 heavy (non-hydrogen) atoms. The van der Waals surface area contributed by atoms with Gasteiger partial charge in [0.2, 0.25) is 0 Å². The molecule has 0 radical (unpaired) electrons. The first kappa shape index (κ1) is 11.0. The second-order valence-corrected chi connectivity index (χ2v) is 3.29. The largest absolute Gasteiger partial charge is 0.508 e. The number of methoxy groups -OCH3 is 1. The first-order chi connectivity index (χ1) is 8.13. The predicted octanol–water partition coefficient (Wildman–Crippen LogP) is 1.28. The van der Waals surface area contributed by atoms with Crippen LogP contribution in [-0.4, -0.2) is 33.1 Å². The zero-order chi connectivity index (χ0) is 12.4. The van der Waals surface area contributed by atoms with Crippen molar-refractivity contribution in [2.75, 3.05) is 7.11 Å². The van der Waals surface area contributed by atoms with Gasteiger partial charge in [0.1, 0.15) is 5.75 Å². The standard InChI is InChI=1S/C11H10N2O4/c1-17-9-6-12-13(10(9)11(15)16)7-2-4-8(14)5-3-7/h2-6,14H,1H3,(H,15,16). The van der Waals surface area contributed by atoms with Crippen molar-refractivity contribution in [3.63, 3.8) is 0 Å². The van der Waals surface area contributed by atoms with Crippen molar-refractivity contribution >= 4 is 5.97 Å². The summed E-state index contributed by atoms with van der Waals surface area (Å²) in [4.78, 5) is 11.1. The van der Waals surface area contributed by atoms with Crippen molar-refractivity contribution < 1.29 is 19.7 Å². The molecule has 2 aromatic rings. The van der Waals surface area contributed by atoms with Crippen LogP contribution in [0.25, 0.3) is 5.69 Å². The molecule has 0 saturated carbocycles. The first-order valence-electron chi connectivity index (χ1n) is 4.78. The van der Waals surface area contributed by atoms with Crippen LogP contribution in [0.2, 0.25) is 0 Å². The number of aromatic hydroxyl groups is 1. The van der Waals surface area contributed by atoms with Gasteiger partial charge in [0, 0.05) is 0 Å². The first-order valence-corrected chi connectivity index (χ1v) is 4.78. The SMILES string of the molecule is COc1cnn(-c2ccc(O)cc2)c1C(=O)O. The molecule has 0 amide bonds. The lowest BCUT2D eigenvalue weighted by molar-refractivity contribution is 0.0683. The number of aromatic nitrogens is 2. The molecule has 0 fully saturated rings. The highest BCUT2D eigenvalue weighted by molar-refractivity contribution is 5.89. The number of phenolic OH excluding ortho intramolecular Hbond substituents is 1. The number of ether oxygens (including phenoxy) is 1. The summed E-state index contributed by atoms with van der Waals surface area (Å²) >= 11 is 0. The summed E-state index contributed by atoms with van der Waals surface area (Å²) in [5, 5.41) is 22.2. The van der Waals surface area contributed by atoms with E-state index in [1.807, 2.05) is 0 Å². The van der Waals surface area contributed by atoms with E-state index in [1.54, 1.807) is 12.1 Å². The Morgan fingerprint density at radius 1 is 1.35 bits per heavy atom. The van der Waals surface area contributed by atoms with Gasteiger partial charge in [0.25, 0.3) is 0 Å². The summed E-state index contributed by atoms with van der Waals surface area (Å²) < 4.78 is 6.16. The van der Waals surface area contributed by atoms with E-state index in [0.29, 0.717) is 5.69 Å². The molecular formula is C11H10N2O4. The molecule has 1 aromatic carbocycles. The maximum atomic E-state index is 11.1. The molecule has 2 N–H and O–H groups in total. The molecule has 0 atom stereocenters. The van der Waals surface area contributed by atoms with Gasteiger partial charge in [-0.3, -0.25) is 0 Å². The molecule has 2 rings (SSSR count). The van der Waals surface area contributed by atoms with E-state index in [2.05, 4.69) is 5.10 Å². The summed E-state index contributed by atoms with van der Waals surface area (Å²) in [5.41, 5.74) is 0.474. The molecular weight excluding hydrogens is 224 g/mol. The molecule has 0 aliphatic carbocycles. The summed E-state index contributed by atoms with van der Waals surface area (Å²) in [5.74, 6) is -0.845. The van der Waals surface area contributed by atoms with Gasteiger partial charge in [-0.2, -0.15) is 5.10 Å². The van der Waals surface area contributed by atoms with Crippen molar-refractivity contribution in [3.05, 3.63) is 36.2 Å². The zero-order valence-corrected chi connectivity index (χ0v) is 8.99. The Hall–Kier alpha value is -2.50. The quantitative estimate of drug-likeness (QED) is 0.835. The number of rotatable bonds is 3. The van der Waals surface area contributed by atoms with E-state index in [0.717, 1.165) is 0 Å². The number of aromatic carboxylic acids is 1. The average molecular weight is 234 g/mol. The number of hydrogen-bond donors (Lipinski definition) is 2. The van der Waals surface area contributed by atoms with Crippen LogP contribution in [0.5, 0.6) is 11.5 Å². The van der Waals surface area contributed by atoms with Crippen LogP contribution in [0.3, 0.4) is 0 Å². The fraction of sp³-hybridized carbons (Fsp3) is 0.0909. The van der Waals surface area contributed by atoms with E-state index in [1.165, 1.54) is 30.1 Å². The second-order valence-electron chi connectivity index (χ2n) is 3.29. The average Bonchev–Trinajstić information content (AvgIpc) is 2.73. The fourth-order valence-corrected chi connectivity index (χ4v) is 1.47. The molecule has 0 aliphatic heterocycles. The van der Waals surface area contributed by atoms with Crippen LogP contribution < -0.4 is 4.74 Å². The third kappa shape index (κ3) is 1.92. The number of phenols is 1. The van der Waals surface area contributed by atoms with Crippen LogP contribution in [0.4, 0.5) is 0 Å². The van der Waals surface area contributed by atoms with E-state index in [4.69, 9.17) is 14.9 Å². The minimum Gasteiger partial charge on any atom is -0.508 e. The predicted molar refractivity (Wildman–Crippen MR) is 58.7 cm³/mol. The molecule has 0 saturated heterocycles. The van der Waals surface area contributed by atoms with Crippen molar-refractivity contribution in [1.82, 2.24) is 9.78 Å². The molecule has 6 heteroatoms. The van der Waals surface area contributed by atoms with Gasteiger partial charge in [-0.25, -0.2) is 9.48 Å². The van der Waals surface area contributed by atoms with Crippen molar-refractivity contribution in [2.24, 2.45) is 0 Å². The molecule has 6 nitrogen and oxygen atoms in total. The molecule has 1 heterocycles. The topological polar surface area (TPSA) is 84.6 Å². The van der Waals surface area contributed by atoms with Gasteiger partial charge < -0.3 is 14.9 Å². The maximum absolute atomic E-state index is 11.1. The number of nitrogens with zero attached hydrogens (tertiary/aromatic N) is 2. The Bertz CT molecular complexity index is 545. The Kier molecular flexibility index (Phi) is 2.70. The Morgan fingerprint density at radius 3 is 2.53 bits per heavy atom. The van der Waals surface area contributed by atoms with Crippen molar-refractivity contribution in [3.8, 4) is 17.2 Å². The van der Waals surface area contributed by atoms with Crippen molar-refractivity contribution in [2.45, 2.75) is 0 Å². The summed E-state index contributed by atoms with van der Waals surface area (Å²) in [6.07, 6.45) is 1.33. The van der Waals surface area contributed by atoms with E-state index >= 15 is 0 Å². The van der Waals surface area contributed by atoms with Crippen LogP contribution >= 0.6 is 0 Å². The number of hydrogen-bond acceptors (Lipinski definition) is 4. The molecule has 0 aliphatic rings. The minimum atomic E-state index is -1.13. The Morgan fingerprint density at radius 2 is 2.00 bits per heavy atom. The van der Waals surface area contributed by atoms with Crippen LogP contribution in [0.1, 0.15) is 10.5 Å². The summed E-state index contributed by atoms with van der Waals surface area (Å²) in [6, 6.07) is 6.03. The zero-order valence-electron chi connectivity index (χ0n) is 8.99. The number of carboxylic acid groups (broad SMARTS) is 1. The van der Waals surface area contributed by atoms with Crippen LogP contribution in [0, 0.1) is 0 Å². The Labute approximate surface area is 96.7 Å². The molecule has 0 bridgehead atoms. The smallest absolute Gasteiger partial charge is 0.358 e.